The van der Waals surface area contributed by atoms with Gasteiger partial charge >= 0.3 is 5.97 Å². The van der Waals surface area contributed by atoms with Gasteiger partial charge in [0.25, 0.3) is 0 Å². The number of hydrogen-bond donors (Lipinski definition) is 1. The first kappa shape index (κ1) is 15.3. The Morgan fingerprint density at radius 1 is 1.50 bits per heavy atom. The molecule has 6 heteroatoms. The number of methoxy groups -OCH3 is 2. The van der Waals surface area contributed by atoms with Crippen molar-refractivity contribution in [1.82, 2.24) is 0 Å². The molecule has 1 unspecified atom stereocenters. The van der Waals surface area contributed by atoms with E-state index in [1.807, 2.05) is 18.2 Å². The van der Waals surface area contributed by atoms with Gasteiger partial charge in [0.15, 0.2) is 0 Å². The van der Waals surface area contributed by atoms with Crippen molar-refractivity contribution in [3.05, 3.63) is 28.2 Å². The minimum absolute atomic E-state index is 0.385. The first-order valence-corrected chi connectivity index (χ1v) is 7.26. The lowest BCUT2D eigenvalue weighted by atomic mass is 10.2. The van der Waals surface area contributed by atoms with Crippen molar-refractivity contribution >= 4 is 33.7 Å². The third-order valence-electron chi connectivity index (χ3n) is 2.30. The van der Waals surface area contributed by atoms with Crippen LogP contribution in [0, 0.1) is 0 Å². The summed E-state index contributed by atoms with van der Waals surface area (Å²) >= 11 is 4.99. The van der Waals surface area contributed by atoms with E-state index in [1.165, 1.54) is 7.11 Å². The molecule has 0 aromatic heterocycles. The van der Waals surface area contributed by atoms with E-state index in [4.69, 9.17) is 10.5 Å². The van der Waals surface area contributed by atoms with Crippen LogP contribution in [0.2, 0.25) is 0 Å². The Kier molecular flexibility index (Phi) is 6.52. The molecule has 4 nitrogen and oxygen atoms in total. The summed E-state index contributed by atoms with van der Waals surface area (Å²) in [5.41, 5.74) is 6.72. The van der Waals surface area contributed by atoms with Gasteiger partial charge in [-0.3, -0.25) is 4.79 Å². The average Bonchev–Trinajstić information content (AvgIpc) is 2.38. The fourth-order valence-corrected chi connectivity index (χ4v) is 2.74. The van der Waals surface area contributed by atoms with Crippen molar-refractivity contribution < 1.29 is 14.3 Å². The van der Waals surface area contributed by atoms with E-state index in [2.05, 4.69) is 20.7 Å². The molecule has 0 aliphatic rings. The van der Waals surface area contributed by atoms with Crippen LogP contribution in [0.3, 0.4) is 0 Å². The molecule has 0 amide bonds. The molecule has 1 aromatic rings. The zero-order valence-electron chi connectivity index (χ0n) is 10.3. The van der Waals surface area contributed by atoms with E-state index >= 15 is 0 Å². The number of halogens is 1. The maximum absolute atomic E-state index is 11.1. The molecular formula is C12H16BrNO3S. The van der Waals surface area contributed by atoms with Gasteiger partial charge in [-0.2, -0.15) is 11.8 Å². The highest BCUT2D eigenvalue weighted by Gasteiger charge is 2.14. The van der Waals surface area contributed by atoms with E-state index in [0.29, 0.717) is 5.75 Å². The van der Waals surface area contributed by atoms with Crippen LogP contribution in [-0.4, -0.2) is 32.0 Å². The minimum atomic E-state index is -0.585. The van der Waals surface area contributed by atoms with Gasteiger partial charge in [-0.15, -0.1) is 0 Å². The monoisotopic (exact) mass is 333 g/mol. The highest BCUT2D eigenvalue weighted by atomic mass is 79.9. The summed E-state index contributed by atoms with van der Waals surface area (Å²) < 4.78 is 10.8. The van der Waals surface area contributed by atoms with Crippen molar-refractivity contribution in [2.24, 2.45) is 5.73 Å². The van der Waals surface area contributed by atoms with Crippen molar-refractivity contribution in [1.29, 1.82) is 0 Å². The maximum Gasteiger partial charge on any atom is 0.323 e. The lowest BCUT2D eigenvalue weighted by Gasteiger charge is -2.11. The van der Waals surface area contributed by atoms with Crippen LogP contribution < -0.4 is 10.5 Å². The van der Waals surface area contributed by atoms with Crippen molar-refractivity contribution in [3.63, 3.8) is 0 Å². The quantitative estimate of drug-likeness (QED) is 0.808. The zero-order valence-corrected chi connectivity index (χ0v) is 12.7. The van der Waals surface area contributed by atoms with Gasteiger partial charge in [0.05, 0.1) is 14.2 Å². The summed E-state index contributed by atoms with van der Waals surface area (Å²) in [6.45, 7) is 0. The Morgan fingerprint density at radius 2 is 2.22 bits per heavy atom. The molecule has 0 saturated carbocycles. The number of nitrogens with two attached hydrogens (primary N) is 1. The van der Waals surface area contributed by atoms with Crippen LogP contribution in [0.4, 0.5) is 0 Å². The fourth-order valence-electron chi connectivity index (χ4n) is 1.38. The molecule has 0 spiro atoms. The second kappa shape index (κ2) is 7.66. The summed E-state index contributed by atoms with van der Waals surface area (Å²) in [4.78, 5) is 11.1. The van der Waals surface area contributed by atoms with Crippen LogP contribution in [0.15, 0.2) is 22.7 Å². The fraction of sp³-hybridized carbons (Fsp3) is 0.417. The predicted octanol–water partition coefficient (Wildman–Crippen LogP) is 2.19. The second-order valence-electron chi connectivity index (χ2n) is 3.60. The number of rotatable bonds is 6. The number of ether oxygens (including phenoxy) is 2. The van der Waals surface area contributed by atoms with Gasteiger partial charge in [0, 0.05) is 21.5 Å². The zero-order chi connectivity index (χ0) is 13.5. The largest absolute Gasteiger partial charge is 0.496 e. The topological polar surface area (TPSA) is 61.5 Å². The van der Waals surface area contributed by atoms with Crippen molar-refractivity contribution in [2.45, 2.75) is 11.8 Å². The molecular weight excluding hydrogens is 318 g/mol. The summed E-state index contributed by atoms with van der Waals surface area (Å²) in [5, 5.41) is 0. The van der Waals surface area contributed by atoms with Gasteiger partial charge in [-0.1, -0.05) is 15.9 Å². The molecule has 1 rings (SSSR count). The smallest absolute Gasteiger partial charge is 0.323 e. The number of esters is 1. The van der Waals surface area contributed by atoms with E-state index in [0.717, 1.165) is 21.5 Å². The van der Waals surface area contributed by atoms with Gasteiger partial charge < -0.3 is 15.2 Å². The van der Waals surface area contributed by atoms with Crippen LogP contribution in [0.5, 0.6) is 5.75 Å². The first-order valence-electron chi connectivity index (χ1n) is 5.32. The Labute approximate surface area is 119 Å². The van der Waals surface area contributed by atoms with Gasteiger partial charge in [0.2, 0.25) is 0 Å². The Hall–Kier alpha value is -0.720. The first-order chi connectivity index (χ1) is 8.58. The van der Waals surface area contributed by atoms with Crippen LogP contribution >= 0.6 is 27.7 Å². The van der Waals surface area contributed by atoms with Gasteiger partial charge in [-0.05, 0) is 18.2 Å². The molecule has 0 fully saturated rings. The predicted molar refractivity (Wildman–Crippen MR) is 76.8 cm³/mol. The molecule has 0 aliphatic carbocycles. The molecule has 0 bridgehead atoms. The molecule has 1 aromatic carbocycles. The summed E-state index contributed by atoms with van der Waals surface area (Å²) in [6, 6.07) is 5.24. The number of hydrogen-bond acceptors (Lipinski definition) is 5. The third-order valence-corrected chi connectivity index (χ3v) is 3.90. The van der Waals surface area contributed by atoms with Gasteiger partial charge in [0.1, 0.15) is 11.8 Å². The Morgan fingerprint density at radius 3 is 2.83 bits per heavy atom. The van der Waals surface area contributed by atoms with E-state index in [9.17, 15) is 4.79 Å². The standard InChI is InChI=1S/C12H16BrNO3S/c1-16-11-4-3-9(13)5-8(11)6-18-7-10(14)12(15)17-2/h3-5,10H,6-7,14H2,1-2H3. The normalized spacial score (nSPS) is 12.0. The van der Waals surface area contributed by atoms with Crippen molar-refractivity contribution in [3.8, 4) is 5.75 Å². The van der Waals surface area contributed by atoms with E-state index < -0.39 is 6.04 Å². The highest BCUT2D eigenvalue weighted by Crippen LogP contribution is 2.26. The number of benzene rings is 1. The number of carbonyl (C=O) groups excluding carboxylic acids is 1. The Balaban J connectivity index is 2.53. The van der Waals surface area contributed by atoms with Crippen LogP contribution in [0.1, 0.15) is 5.56 Å². The molecule has 0 heterocycles. The van der Waals surface area contributed by atoms with Crippen molar-refractivity contribution in [2.75, 3.05) is 20.0 Å². The Bertz CT molecular complexity index is 414. The molecule has 0 radical (unpaired) electrons. The molecule has 1 atom stereocenters. The maximum atomic E-state index is 11.1. The second-order valence-corrected chi connectivity index (χ2v) is 5.55. The van der Waals surface area contributed by atoms with Crippen LogP contribution in [-0.2, 0) is 15.3 Å². The highest BCUT2D eigenvalue weighted by molar-refractivity contribution is 9.10. The SMILES string of the molecule is COC(=O)C(N)CSCc1cc(Br)ccc1OC. The molecule has 2 N–H and O–H groups in total. The summed E-state index contributed by atoms with van der Waals surface area (Å²) in [7, 11) is 2.97. The van der Waals surface area contributed by atoms with Crippen LogP contribution in [0.25, 0.3) is 0 Å². The lowest BCUT2D eigenvalue weighted by molar-refractivity contribution is -0.141. The molecule has 100 valence electrons. The average molecular weight is 334 g/mol. The van der Waals surface area contributed by atoms with Gasteiger partial charge in [-0.25, -0.2) is 0 Å². The molecule has 0 aliphatic heterocycles. The summed E-state index contributed by atoms with van der Waals surface area (Å²) in [5.74, 6) is 1.69. The molecule has 18 heavy (non-hydrogen) atoms. The minimum Gasteiger partial charge on any atom is -0.496 e. The lowest BCUT2D eigenvalue weighted by Crippen LogP contribution is -2.33. The number of thioether (sulfide) groups is 1. The van der Waals surface area contributed by atoms with E-state index in [-0.39, 0.29) is 5.97 Å². The van der Waals surface area contributed by atoms with E-state index in [1.54, 1.807) is 18.9 Å². The third kappa shape index (κ3) is 4.51. The number of carbonyl (C=O) groups is 1. The summed E-state index contributed by atoms with van der Waals surface area (Å²) in [6.07, 6.45) is 0. The molecule has 0 saturated heterocycles.